The summed E-state index contributed by atoms with van der Waals surface area (Å²) >= 11 is 0. The van der Waals surface area contributed by atoms with Gasteiger partial charge in [-0.2, -0.15) is 0 Å². The van der Waals surface area contributed by atoms with Gasteiger partial charge in [0.15, 0.2) is 0 Å². The number of ether oxygens (including phenoxy) is 1. The molecule has 0 radical (unpaired) electrons. The molecule has 1 unspecified atom stereocenters. The van der Waals surface area contributed by atoms with Crippen LogP contribution in [-0.2, 0) is 9.59 Å². The molecule has 0 saturated carbocycles. The highest BCUT2D eigenvalue weighted by molar-refractivity contribution is 6.08. The number of nitrogens with one attached hydrogen (secondary N) is 1. The summed E-state index contributed by atoms with van der Waals surface area (Å²) in [6, 6.07) is 15.5. The second-order valence-electron chi connectivity index (χ2n) is 6.55. The third kappa shape index (κ3) is 3.48. The monoisotopic (exact) mass is 365 g/mol. The molecule has 2 aliphatic heterocycles. The summed E-state index contributed by atoms with van der Waals surface area (Å²) in [4.78, 5) is 39.3. The Morgan fingerprint density at radius 2 is 1.74 bits per heavy atom. The van der Waals surface area contributed by atoms with Crippen molar-refractivity contribution in [1.29, 1.82) is 0 Å². The van der Waals surface area contributed by atoms with Crippen LogP contribution in [0.5, 0.6) is 11.5 Å². The van der Waals surface area contributed by atoms with Gasteiger partial charge in [-0.15, -0.1) is 0 Å². The fourth-order valence-electron chi connectivity index (χ4n) is 3.40. The van der Waals surface area contributed by atoms with Crippen LogP contribution in [0.1, 0.15) is 12.8 Å². The van der Waals surface area contributed by atoms with Crippen LogP contribution < -0.4 is 10.1 Å². The molecule has 0 bridgehead atoms. The molecule has 2 aliphatic rings. The van der Waals surface area contributed by atoms with Crippen LogP contribution in [0.25, 0.3) is 0 Å². The molecule has 2 saturated heterocycles. The van der Waals surface area contributed by atoms with Crippen LogP contribution in [0, 0.1) is 0 Å². The fraction of sp³-hybridized carbons (Fsp3) is 0.250. The standard InChI is InChI=1S/C20H19N3O4/c24-18(13-23-19(25)17-7-4-12-22(17)20(23)26)21-14-8-10-16(11-9-14)27-15-5-2-1-3-6-15/h1-3,5-6,8-11,17H,4,7,12-13H2,(H,21,24). The van der Waals surface area contributed by atoms with E-state index in [0.29, 0.717) is 24.4 Å². The quantitative estimate of drug-likeness (QED) is 0.827. The topological polar surface area (TPSA) is 79.0 Å². The lowest BCUT2D eigenvalue weighted by atomic mass is 10.2. The second-order valence-corrected chi connectivity index (χ2v) is 6.55. The Morgan fingerprint density at radius 3 is 2.44 bits per heavy atom. The number of rotatable bonds is 5. The van der Waals surface area contributed by atoms with Crippen LogP contribution in [0.4, 0.5) is 10.5 Å². The summed E-state index contributed by atoms with van der Waals surface area (Å²) in [7, 11) is 0. The number of fused-ring (bicyclic) bond motifs is 1. The molecule has 2 aromatic carbocycles. The van der Waals surface area contributed by atoms with Crippen LogP contribution in [-0.4, -0.2) is 46.8 Å². The van der Waals surface area contributed by atoms with Gasteiger partial charge < -0.3 is 15.0 Å². The molecule has 0 aromatic heterocycles. The van der Waals surface area contributed by atoms with Crippen molar-refractivity contribution in [1.82, 2.24) is 9.80 Å². The first kappa shape index (κ1) is 17.1. The number of hydrogen-bond donors (Lipinski definition) is 1. The lowest BCUT2D eigenvalue weighted by molar-refractivity contribution is -0.131. The maximum Gasteiger partial charge on any atom is 0.327 e. The van der Waals surface area contributed by atoms with Gasteiger partial charge in [-0.3, -0.25) is 14.5 Å². The highest BCUT2D eigenvalue weighted by Crippen LogP contribution is 2.27. The number of carbonyl (C=O) groups is 3. The van der Waals surface area contributed by atoms with Gasteiger partial charge in [-0.25, -0.2) is 4.79 Å². The molecule has 1 atom stereocenters. The van der Waals surface area contributed by atoms with Crippen molar-refractivity contribution in [3.05, 3.63) is 54.6 Å². The summed E-state index contributed by atoms with van der Waals surface area (Å²) in [5, 5.41) is 2.71. The Morgan fingerprint density at radius 1 is 1.04 bits per heavy atom. The number of imide groups is 1. The number of hydrogen-bond acceptors (Lipinski definition) is 4. The summed E-state index contributed by atoms with van der Waals surface area (Å²) in [6.07, 6.45) is 1.51. The van der Waals surface area contributed by atoms with E-state index in [1.54, 1.807) is 29.2 Å². The molecule has 0 aliphatic carbocycles. The second kappa shape index (κ2) is 7.11. The molecular formula is C20H19N3O4. The van der Waals surface area contributed by atoms with E-state index in [1.165, 1.54) is 0 Å². The maximum absolute atomic E-state index is 12.3. The van der Waals surface area contributed by atoms with Crippen LogP contribution in [0.15, 0.2) is 54.6 Å². The fourth-order valence-corrected chi connectivity index (χ4v) is 3.40. The van der Waals surface area contributed by atoms with Gasteiger partial charge in [-0.1, -0.05) is 18.2 Å². The molecule has 2 fully saturated rings. The summed E-state index contributed by atoms with van der Waals surface area (Å²) in [6.45, 7) is 0.309. The van der Waals surface area contributed by atoms with E-state index in [4.69, 9.17) is 4.74 Å². The molecule has 0 spiro atoms. The van der Waals surface area contributed by atoms with Gasteiger partial charge >= 0.3 is 6.03 Å². The maximum atomic E-state index is 12.3. The minimum atomic E-state index is -0.408. The normalized spacial score (nSPS) is 18.6. The van der Waals surface area contributed by atoms with Crippen molar-refractivity contribution in [3.63, 3.8) is 0 Å². The molecule has 4 amide bonds. The van der Waals surface area contributed by atoms with Gasteiger partial charge in [0.1, 0.15) is 24.1 Å². The first-order chi connectivity index (χ1) is 13.1. The van der Waals surface area contributed by atoms with Crippen LogP contribution >= 0.6 is 0 Å². The molecule has 27 heavy (non-hydrogen) atoms. The Kier molecular flexibility index (Phi) is 4.50. The third-order valence-electron chi connectivity index (χ3n) is 4.70. The number of para-hydroxylation sites is 1. The minimum Gasteiger partial charge on any atom is -0.457 e. The van der Waals surface area contributed by atoms with E-state index in [-0.39, 0.29) is 24.5 Å². The first-order valence-electron chi connectivity index (χ1n) is 8.86. The van der Waals surface area contributed by atoms with E-state index < -0.39 is 5.91 Å². The van der Waals surface area contributed by atoms with Crippen molar-refractivity contribution >= 4 is 23.5 Å². The number of urea groups is 1. The Balaban J connectivity index is 1.34. The molecular weight excluding hydrogens is 346 g/mol. The summed E-state index contributed by atoms with van der Waals surface area (Å²) in [5.74, 6) is 0.680. The average Bonchev–Trinajstić information content (AvgIpc) is 3.24. The minimum absolute atomic E-state index is 0.271. The first-order valence-corrected chi connectivity index (χ1v) is 8.86. The molecule has 7 nitrogen and oxygen atoms in total. The smallest absolute Gasteiger partial charge is 0.327 e. The van der Waals surface area contributed by atoms with E-state index >= 15 is 0 Å². The van der Waals surface area contributed by atoms with Gasteiger partial charge in [0.05, 0.1) is 0 Å². The Labute approximate surface area is 156 Å². The molecule has 7 heteroatoms. The molecule has 4 rings (SSSR count). The number of amides is 4. The van der Waals surface area contributed by atoms with E-state index in [2.05, 4.69) is 5.32 Å². The SMILES string of the molecule is O=C(CN1C(=O)C2CCCN2C1=O)Nc1ccc(Oc2ccccc2)cc1. The average molecular weight is 365 g/mol. The lowest BCUT2D eigenvalue weighted by Crippen LogP contribution is -2.39. The van der Waals surface area contributed by atoms with Crippen molar-refractivity contribution in [2.24, 2.45) is 0 Å². The number of benzene rings is 2. The predicted molar refractivity (Wildman–Crippen MR) is 98.4 cm³/mol. The zero-order chi connectivity index (χ0) is 18.8. The van der Waals surface area contributed by atoms with Gasteiger partial charge in [0.2, 0.25) is 5.91 Å². The predicted octanol–water partition coefficient (Wildman–Crippen LogP) is 2.84. The number of carbonyl (C=O) groups excluding carboxylic acids is 3. The zero-order valence-electron chi connectivity index (χ0n) is 14.6. The van der Waals surface area contributed by atoms with E-state index in [9.17, 15) is 14.4 Å². The Hall–Kier alpha value is -3.35. The van der Waals surface area contributed by atoms with Crippen molar-refractivity contribution in [3.8, 4) is 11.5 Å². The van der Waals surface area contributed by atoms with Gasteiger partial charge in [0, 0.05) is 12.2 Å². The van der Waals surface area contributed by atoms with Crippen LogP contribution in [0.3, 0.4) is 0 Å². The lowest BCUT2D eigenvalue weighted by Gasteiger charge is -2.15. The highest BCUT2D eigenvalue weighted by atomic mass is 16.5. The molecule has 138 valence electrons. The van der Waals surface area contributed by atoms with Crippen molar-refractivity contribution in [2.75, 3.05) is 18.4 Å². The van der Waals surface area contributed by atoms with Crippen molar-refractivity contribution < 1.29 is 19.1 Å². The molecule has 2 heterocycles. The third-order valence-corrected chi connectivity index (χ3v) is 4.70. The van der Waals surface area contributed by atoms with Crippen molar-refractivity contribution in [2.45, 2.75) is 18.9 Å². The van der Waals surface area contributed by atoms with E-state index in [0.717, 1.165) is 17.1 Å². The molecule has 1 N–H and O–H groups in total. The van der Waals surface area contributed by atoms with Gasteiger partial charge in [0.25, 0.3) is 5.91 Å². The largest absolute Gasteiger partial charge is 0.457 e. The summed E-state index contributed by atoms with van der Waals surface area (Å²) < 4.78 is 5.70. The number of nitrogens with zero attached hydrogens (tertiary/aromatic N) is 2. The van der Waals surface area contributed by atoms with E-state index in [1.807, 2.05) is 30.3 Å². The zero-order valence-corrected chi connectivity index (χ0v) is 14.6. The van der Waals surface area contributed by atoms with Gasteiger partial charge in [-0.05, 0) is 49.2 Å². The van der Waals surface area contributed by atoms with Crippen LogP contribution in [0.2, 0.25) is 0 Å². The Bertz CT molecular complexity index is 845. The highest BCUT2D eigenvalue weighted by Gasteiger charge is 2.47. The molecule has 2 aromatic rings. The number of anilines is 1. The summed E-state index contributed by atoms with van der Waals surface area (Å²) in [5.41, 5.74) is 0.569.